The summed E-state index contributed by atoms with van der Waals surface area (Å²) in [7, 11) is -4.35. The van der Waals surface area contributed by atoms with Gasteiger partial charge in [0.2, 0.25) is 11.8 Å². The lowest BCUT2D eigenvalue weighted by molar-refractivity contribution is -0.140. The molecule has 230 valence electrons. The summed E-state index contributed by atoms with van der Waals surface area (Å²) in [6.07, 6.45) is 0.765. The molecular weight excluding hydrogens is 624 g/mol. The normalized spacial score (nSPS) is 11.9. The van der Waals surface area contributed by atoms with Crippen LogP contribution in [0, 0.1) is 5.82 Å². The third-order valence-electron chi connectivity index (χ3n) is 6.91. The molecule has 0 radical (unpaired) electrons. The van der Waals surface area contributed by atoms with E-state index < -0.39 is 40.2 Å². The second-order valence-electron chi connectivity index (χ2n) is 10.0. The lowest BCUT2D eigenvalue weighted by Gasteiger charge is -2.34. The Morgan fingerprint density at radius 3 is 2.18 bits per heavy atom. The van der Waals surface area contributed by atoms with Gasteiger partial charge in [0.1, 0.15) is 18.4 Å². The van der Waals surface area contributed by atoms with Crippen LogP contribution >= 0.6 is 23.2 Å². The molecule has 0 unspecified atom stereocenters. The highest BCUT2D eigenvalue weighted by Crippen LogP contribution is 2.33. The van der Waals surface area contributed by atoms with Crippen LogP contribution in [0.5, 0.6) is 0 Å². The molecule has 0 aliphatic rings. The number of nitrogens with zero attached hydrogens (tertiary/aromatic N) is 2. The first kappa shape index (κ1) is 33.0. The highest BCUT2D eigenvalue weighted by molar-refractivity contribution is 7.92. The van der Waals surface area contributed by atoms with Gasteiger partial charge in [-0.15, -0.1) is 0 Å². The van der Waals surface area contributed by atoms with Gasteiger partial charge in [0.25, 0.3) is 10.0 Å². The zero-order chi connectivity index (χ0) is 31.7. The van der Waals surface area contributed by atoms with Crippen molar-refractivity contribution in [3.05, 3.63) is 130 Å². The summed E-state index contributed by atoms with van der Waals surface area (Å²) in [5.41, 5.74) is 0.917. The number of hydrogen-bond donors (Lipinski definition) is 1. The topological polar surface area (TPSA) is 86.8 Å². The van der Waals surface area contributed by atoms with Crippen LogP contribution in [0.4, 0.5) is 10.1 Å². The average molecular weight is 657 g/mol. The van der Waals surface area contributed by atoms with E-state index in [4.69, 9.17) is 23.2 Å². The fourth-order valence-electron chi connectivity index (χ4n) is 4.64. The van der Waals surface area contributed by atoms with Crippen LogP contribution in [0.25, 0.3) is 0 Å². The molecule has 1 atom stereocenters. The molecule has 0 fully saturated rings. The fourth-order valence-corrected chi connectivity index (χ4v) is 6.52. The minimum atomic E-state index is -4.35. The largest absolute Gasteiger partial charge is 0.354 e. The SMILES string of the molecule is CCCNC(=O)[C@@H](Cc1ccccc1)N(Cc1ccccc1F)C(=O)CN(c1cc(Cl)ccc1Cl)S(=O)(=O)c1ccccc1. The van der Waals surface area contributed by atoms with Gasteiger partial charge >= 0.3 is 0 Å². The average Bonchev–Trinajstić information content (AvgIpc) is 3.03. The summed E-state index contributed by atoms with van der Waals surface area (Å²) in [6.45, 7) is 1.23. The number of amides is 2. The highest BCUT2D eigenvalue weighted by Gasteiger charge is 2.35. The quantitative estimate of drug-likeness (QED) is 0.178. The van der Waals surface area contributed by atoms with Gasteiger partial charge in [-0.25, -0.2) is 12.8 Å². The van der Waals surface area contributed by atoms with Crippen molar-refractivity contribution < 1.29 is 22.4 Å². The lowest BCUT2D eigenvalue weighted by atomic mass is 10.0. The standard InChI is InChI=1S/C33H32Cl2FN3O4S/c1-2-19-37-33(41)31(20-24-11-5-3-6-12-24)38(22-25-13-9-10-16-29(25)36)32(40)23-39(30-21-26(34)17-18-28(30)35)44(42,43)27-14-7-4-8-15-27/h3-18,21,31H,2,19-20,22-23H2,1H3,(H,37,41)/t31-/m1/s1. The molecule has 2 amide bonds. The molecule has 0 aliphatic carbocycles. The Kier molecular flexibility index (Phi) is 11.4. The van der Waals surface area contributed by atoms with E-state index in [2.05, 4.69) is 5.32 Å². The van der Waals surface area contributed by atoms with Crippen LogP contribution in [-0.4, -0.2) is 44.3 Å². The van der Waals surface area contributed by atoms with Crippen molar-refractivity contribution in [2.24, 2.45) is 0 Å². The molecule has 44 heavy (non-hydrogen) atoms. The van der Waals surface area contributed by atoms with Crippen molar-refractivity contribution in [2.45, 2.75) is 37.2 Å². The molecule has 0 bridgehead atoms. The zero-order valence-electron chi connectivity index (χ0n) is 24.0. The van der Waals surface area contributed by atoms with Crippen LogP contribution in [0.3, 0.4) is 0 Å². The molecule has 4 rings (SSSR count). The minimum absolute atomic E-state index is 0.0164. The van der Waals surface area contributed by atoms with Crippen LogP contribution in [-0.2, 0) is 32.6 Å². The fraction of sp³-hybridized carbons (Fsp3) is 0.212. The zero-order valence-corrected chi connectivity index (χ0v) is 26.3. The van der Waals surface area contributed by atoms with E-state index in [1.165, 1.54) is 53.4 Å². The number of sulfonamides is 1. The Morgan fingerprint density at radius 2 is 1.52 bits per heavy atom. The van der Waals surface area contributed by atoms with E-state index in [1.807, 2.05) is 37.3 Å². The molecule has 0 aliphatic heterocycles. The predicted octanol–water partition coefficient (Wildman–Crippen LogP) is 6.49. The molecule has 0 spiro atoms. The maximum absolute atomic E-state index is 15.0. The summed E-state index contributed by atoms with van der Waals surface area (Å²) < 4.78 is 43.9. The van der Waals surface area contributed by atoms with E-state index in [0.29, 0.717) is 13.0 Å². The van der Waals surface area contributed by atoms with Gasteiger partial charge in [0.05, 0.1) is 15.6 Å². The van der Waals surface area contributed by atoms with Crippen molar-refractivity contribution in [2.75, 3.05) is 17.4 Å². The molecule has 1 N–H and O–H groups in total. The van der Waals surface area contributed by atoms with Crippen molar-refractivity contribution in [1.29, 1.82) is 0 Å². The molecule has 0 saturated heterocycles. The van der Waals surface area contributed by atoms with E-state index in [1.54, 1.807) is 24.3 Å². The molecule has 0 saturated carbocycles. The lowest BCUT2D eigenvalue weighted by Crippen LogP contribution is -2.53. The van der Waals surface area contributed by atoms with E-state index in [0.717, 1.165) is 9.87 Å². The predicted molar refractivity (Wildman–Crippen MR) is 172 cm³/mol. The van der Waals surface area contributed by atoms with Crippen molar-refractivity contribution in [1.82, 2.24) is 10.2 Å². The Bertz CT molecular complexity index is 1690. The highest BCUT2D eigenvalue weighted by atomic mass is 35.5. The molecule has 4 aromatic rings. The summed E-state index contributed by atoms with van der Waals surface area (Å²) >= 11 is 12.7. The van der Waals surface area contributed by atoms with Crippen molar-refractivity contribution in [3.63, 3.8) is 0 Å². The summed E-state index contributed by atoms with van der Waals surface area (Å²) in [6, 6.07) is 25.8. The van der Waals surface area contributed by atoms with Gasteiger partial charge in [-0.2, -0.15) is 0 Å². The first-order chi connectivity index (χ1) is 21.1. The molecule has 11 heteroatoms. The van der Waals surface area contributed by atoms with E-state index in [-0.39, 0.29) is 39.2 Å². The molecular formula is C33H32Cl2FN3O4S. The number of halogens is 3. The van der Waals surface area contributed by atoms with E-state index in [9.17, 15) is 22.4 Å². The monoisotopic (exact) mass is 655 g/mol. The van der Waals surface area contributed by atoms with Crippen LogP contribution < -0.4 is 9.62 Å². The van der Waals surface area contributed by atoms with Gasteiger partial charge in [-0.3, -0.25) is 13.9 Å². The third kappa shape index (κ3) is 8.16. The Hall–Kier alpha value is -3.92. The summed E-state index contributed by atoms with van der Waals surface area (Å²) in [4.78, 5) is 29.1. The van der Waals surface area contributed by atoms with Crippen LogP contribution in [0.2, 0.25) is 10.0 Å². The minimum Gasteiger partial charge on any atom is -0.354 e. The van der Waals surface area contributed by atoms with Gasteiger partial charge in [-0.05, 0) is 48.4 Å². The Labute approximate surface area is 267 Å². The maximum atomic E-state index is 15.0. The third-order valence-corrected chi connectivity index (χ3v) is 9.23. The van der Waals surface area contributed by atoms with Gasteiger partial charge < -0.3 is 10.2 Å². The smallest absolute Gasteiger partial charge is 0.264 e. The second kappa shape index (κ2) is 15.2. The van der Waals surface area contributed by atoms with Gasteiger partial charge in [-0.1, -0.05) is 96.9 Å². The van der Waals surface area contributed by atoms with E-state index >= 15 is 0 Å². The number of carbonyl (C=O) groups excluding carboxylic acids is 2. The number of rotatable bonds is 13. The maximum Gasteiger partial charge on any atom is 0.264 e. The number of hydrogen-bond acceptors (Lipinski definition) is 4. The van der Waals surface area contributed by atoms with Crippen molar-refractivity contribution >= 4 is 50.7 Å². The Balaban J connectivity index is 1.83. The number of anilines is 1. The number of carbonyl (C=O) groups is 2. The first-order valence-electron chi connectivity index (χ1n) is 14.0. The van der Waals surface area contributed by atoms with Gasteiger partial charge in [0.15, 0.2) is 0 Å². The molecule has 0 heterocycles. The van der Waals surface area contributed by atoms with Crippen molar-refractivity contribution in [3.8, 4) is 0 Å². The van der Waals surface area contributed by atoms with Crippen LogP contribution in [0.1, 0.15) is 24.5 Å². The summed E-state index contributed by atoms with van der Waals surface area (Å²) in [5, 5.41) is 3.10. The molecule has 4 aromatic carbocycles. The first-order valence-corrected chi connectivity index (χ1v) is 16.2. The Morgan fingerprint density at radius 1 is 0.886 bits per heavy atom. The number of nitrogens with one attached hydrogen (secondary N) is 1. The van der Waals surface area contributed by atoms with Crippen LogP contribution in [0.15, 0.2) is 108 Å². The molecule has 7 nitrogen and oxygen atoms in total. The summed E-state index contributed by atoms with van der Waals surface area (Å²) in [5.74, 6) is -1.75. The second-order valence-corrected chi connectivity index (χ2v) is 12.7. The van der Waals surface area contributed by atoms with Gasteiger partial charge in [0, 0.05) is 30.1 Å². The number of benzene rings is 4. The molecule has 0 aromatic heterocycles.